The molecule has 25 heavy (non-hydrogen) atoms. The summed E-state index contributed by atoms with van der Waals surface area (Å²) in [6.07, 6.45) is -0.883. The van der Waals surface area contributed by atoms with Crippen molar-refractivity contribution in [1.82, 2.24) is 0 Å². The van der Waals surface area contributed by atoms with Crippen molar-refractivity contribution in [2.75, 3.05) is 4.90 Å². The summed E-state index contributed by atoms with van der Waals surface area (Å²) in [5, 5.41) is 4.02. The summed E-state index contributed by atoms with van der Waals surface area (Å²) in [7, 11) is 0. The number of imide groups is 1. The minimum absolute atomic E-state index is 0.291. The van der Waals surface area contributed by atoms with Gasteiger partial charge in [-0.1, -0.05) is 50.9 Å². The maximum Gasteiger partial charge on any atom is 0.278 e. The van der Waals surface area contributed by atoms with Crippen LogP contribution in [0.2, 0.25) is 0 Å². The predicted octanol–water partition coefficient (Wildman–Crippen LogP) is 3.36. The number of benzene rings is 2. The predicted molar refractivity (Wildman–Crippen MR) is 97.5 cm³/mol. The Hall–Kier alpha value is -2.47. The number of oxime groups is 1. The van der Waals surface area contributed by atoms with Gasteiger partial charge < -0.3 is 4.84 Å². The molecule has 0 aliphatic carbocycles. The van der Waals surface area contributed by atoms with Crippen LogP contribution in [0, 0.1) is 19.8 Å². The average molecular weight is 399 g/mol. The topological polar surface area (TPSA) is 59.0 Å². The molecule has 2 heterocycles. The molecule has 5 nitrogen and oxygen atoms in total. The Labute approximate surface area is 153 Å². The molecule has 2 aromatic carbocycles. The number of carbonyl (C=O) groups is 2. The van der Waals surface area contributed by atoms with Crippen molar-refractivity contribution in [2.45, 2.75) is 20.0 Å². The quantitative estimate of drug-likeness (QED) is 0.728. The highest BCUT2D eigenvalue weighted by Crippen LogP contribution is 2.36. The Balaban J connectivity index is 1.72. The lowest BCUT2D eigenvalue weighted by molar-refractivity contribution is -0.126. The van der Waals surface area contributed by atoms with Gasteiger partial charge in [0, 0.05) is 10.0 Å². The maximum atomic E-state index is 13.0. The molecule has 0 bridgehead atoms. The molecule has 1 saturated heterocycles. The normalized spacial score (nSPS) is 22.0. The van der Waals surface area contributed by atoms with Gasteiger partial charge in [0.25, 0.3) is 5.91 Å². The molecule has 2 atom stereocenters. The van der Waals surface area contributed by atoms with Crippen LogP contribution < -0.4 is 4.90 Å². The van der Waals surface area contributed by atoms with Gasteiger partial charge in [0.1, 0.15) is 11.6 Å². The number of amides is 2. The summed E-state index contributed by atoms with van der Waals surface area (Å²) < 4.78 is 0.929. The molecule has 0 N–H and O–H groups in total. The van der Waals surface area contributed by atoms with Crippen LogP contribution in [0.3, 0.4) is 0 Å². The largest absolute Gasteiger partial charge is 0.381 e. The van der Waals surface area contributed by atoms with E-state index in [-0.39, 0.29) is 11.8 Å². The molecule has 1 fully saturated rings. The molecule has 4 rings (SSSR count). The zero-order valence-electron chi connectivity index (χ0n) is 13.7. The van der Waals surface area contributed by atoms with Crippen LogP contribution in [0.5, 0.6) is 0 Å². The van der Waals surface area contributed by atoms with Crippen LogP contribution in [-0.2, 0) is 14.4 Å². The van der Waals surface area contributed by atoms with Crippen molar-refractivity contribution < 1.29 is 14.4 Å². The first kappa shape index (κ1) is 16.0. The lowest BCUT2D eigenvalue weighted by atomic mass is 9.94. The zero-order valence-corrected chi connectivity index (χ0v) is 15.3. The van der Waals surface area contributed by atoms with E-state index in [2.05, 4.69) is 21.1 Å². The Morgan fingerprint density at radius 2 is 1.76 bits per heavy atom. The van der Waals surface area contributed by atoms with Crippen molar-refractivity contribution in [3.63, 3.8) is 0 Å². The monoisotopic (exact) mass is 398 g/mol. The third-order valence-corrected chi connectivity index (χ3v) is 5.07. The number of rotatable bonds is 2. The first-order chi connectivity index (χ1) is 12.0. The maximum absolute atomic E-state index is 13.0. The number of fused-ring (bicyclic) bond motifs is 1. The van der Waals surface area contributed by atoms with Gasteiger partial charge in [-0.2, -0.15) is 0 Å². The first-order valence-corrected chi connectivity index (χ1v) is 8.71. The molecule has 0 unspecified atom stereocenters. The number of hydrogen-bond acceptors (Lipinski definition) is 4. The van der Waals surface area contributed by atoms with Gasteiger partial charge in [-0.05, 0) is 37.6 Å². The lowest BCUT2D eigenvalue weighted by Gasteiger charge is -2.18. The van der Waals surface area contributed by atoms with E-state index < -0.39 is 12.0 Å². The summed E-state index contributed by atoms with van der Waals surface area (Å²) in [6, 6.07) is 13.1. The van der Waals surface area contributed by atoms with E-state index in [1.807, 2.05) is 50.2 Å². The number of anilines is 1. The minimum Gasteiger partial charge on any atom is -0.381 e. The van der Waals surface area contributed by atoms with Crippen molar-refractivity contribution in [3.8, 4) is 0 Å². The van der Waals surface area contributed by atoms with Gasteiger partial charge in [-0.3, -0.25) is 9.59 Å². The van der Waals surface area contributed by atoms with Crippen LogP contribution in [0.15, 0.2) is 52.1 Å². The molecule has 0 radical (unpaired) electrons. The average Bonchev–Trinajstić information content (AvgIpc) is 3.11. The highest BCUT2D eigenvalue weighted by atomic mass is 79.9. The summed E-state index contributed by atoms with van der Waals surface area (Å²) in [6.45, 7) is 3.86. The summed E-state index contributed by atoms with van der Waals surface area (Å²) >= 11 is 3.39. The Kier molecular flexibility index (Phi) is 3.72. The van der Waals surface area contributed by atoms with Crippen LogP contribution in [0.4, 0.5) is 5.69 Å². The van der Waals surface area contributed by atoms with Gasteiger partial charge >= 0.3 is 0 Å². The Morgan fingerprint density at radius 1 is 1.04 bits per heavy atom. The summed E-state index contributed by atoms with van der Waals surface area (Å²) in [5.74, 6) is -1.35. The molecule has 2 aliphatic heterocycles. The Morgan fingerprint density at radius 3 is 2.44 bits per heavy atom. The molecule has 0 spiro atoms. The zero-order chi connectivity index (χ0) is 17.7. The molecular weight excluding hydrogens is 384 g/mol. The standard InChI is InChI=1S/C19H15BrN2O3/c1-10-3-8-14(11(2)9-10)22-18(23)15-16(21-25-17(15)19(22)24)12-4-6-13(20)7-5-12/h3-9,15,17H,1-2H3/t15-,17+/m0/s1. The molecule has 6 heteroatoms. The van der Waals surface area contributed by atoms with Crippen LogP contribution in [-0.4, -0.2) is 23.6 Å². The summed E-state index contributed by atoms with van der Waals surface area (Å²) in [5.41, 5.74) is 3.84. The minimum atomic E-state index is -0.883. The van der Waals surface area contributed by atoms with Crippen molar-refractivity contribution >= 4 is 39.1 Å². The Bertz CT molecular complexity index is 921. The number of halogens is 1. The third-order valence-electron chi connectivity index (χ3n) is 4.55. The number of hydrogen-bond donors (Lipinski definition) is 0. The SMILES string of the molecule is Cc1ccc(N2C(=O)[C@H]3C(c4ccc(Br)cc4)=NO[C@H]3C2=O)c(C)c1. The molecular formula is C19H15BrN2O3. The smallest absolute Gasteiger partial charge is 0.278 e. The van der Waals surface area contributed by atoms with Crippen LogP contribution in [0.25, 0.3) is 0 Å². The number of carbonyl (C=O) groups excluding carboxylic acids is 2. The second-order valence-electron chi connectivity index (χ2n) is 6.29. The van der Waals surface area contributed by atoms with Crippen LogP contribution >= 0.6 is 15.9 Å². The van der Waals surface area contributed by atoms with Crippen molar-refractivity contribution in [1.29, 1.82) is 0 Å². The first-order valence-electron chi connectivity index (χ1n) is 7.92. The van der Waals surface area contributed by atoms with E-state index in [0.717, 1.165) is 21.2 Å². The third kappa shape index (κ3) is 2.48. The second kappa shape index (κ2) is 5.81. The van der Waals surface area contributed by atoms with Gasteiger partial charge in [-0.25, -0.2) is 4.90 Å². The lowest BCUT2D eigenvalue weighted by Crippen LogP contribution is -2.33. The fraction of sp³-hybridized carbons (Fsp3) is 0.211. The van der Waals surface area contributed by atoms with E-state index in [4.69, 9.17) is 4.84 Å². The highest BCUT2D eigenvalue weighted by molar-refractivity contribution is 9.10. The molecule has 126 valence electrons. The van der Waals surface area contributed by atoms with Crippen molar-refractivity contribution in [3.05, 3.63) is 63.6 Å². The molecule has 0 saturated carbocycles. The van der Waals surface area contributed by atoms with E-state index >= 15 is 0 Å². The molecule has 2 amide bonds. The van der Waals surface area contributed by atoms with E-state index in [1.54, 1.807) is 6.07 Å². The number of nitrogens with zero attached hydrogens (tertiary/aromatic N) is 2. The second-order valence-corrected chi connectivity index (χ2v) is 7.20. The van der Waals surface area contributed by atoms with E-state index in [9.17, 15) is 9.59 Å². The molecule has 2 aromatic rings. The highest BCUT2D eigenvalue weighted by Gasteiger charge is 2.56. The summed E-state index contributed by atoms with van der Waals surface area (Å²) in [4.78, 5) is 32.4. The van der Waals surface area contributed by atoms with Gasteiger partial charge in [0.15, 0.2) is 0 Å². The van der Waals surface area contributed by atoms with Crippen molar-refractivity contribution in [2.24, 2.45) is 11.1 Å². The van der Waals surface area contributed by atoms with E-state index in [1.165, 1.54) is 4.90 Å². The molecule has 0 aromatic heterocycles. The fourth-order valence-electron chi connectivity index (χ4n) is 3.33. The molecule has 2 aliphatic rings. The van der Waals surface area contributed by atoms with Gasteiger partial charge in [-0.15, -0.1) is 0 Å². The van der Waals surface area contributed by atoms with Gasteiger partial charge in [0.05, 0.1) is 5.69 Å². The fourth-order valence-corrected chi connectivity index (χ4v) is 3.59. The van der Waals surface area contributed by atoms with E-state index in [0.29, 0.717) is 11.4 Å². The van der Waals surface area contributed by atoms with Crippen LogP contribution in [0.1, 0.15) is 16.7 Å². The van der Waals surface area contributed by atoms with Gasteiger partial charge in [0.2, 0.25) is 12.0 Å². The number of aryl methyl sites for hydroxylation is 2.